The van der Waals surface area contributed by atoms with Gasteiger partial charge in [0.2, 0.25) is 5.91 Å². The lowest BCUT2D eigenvalue weighted by Crippen LogP contribution is -2.36. The number of rotatable bonds is 6. The van der Waals surface area contributed by atoms with Gasteiger partial charge in [-0.1, -0.05) is 13.8 Å². The molecule has 0 saturated heterocycles. The Morgan fingerprint density at radius 2 is 2.11 bits per heavy atom. The first-order chi connectivity index (χ1) is 8.40. The summed E-state index contributed by atoms with van der Waals surface area (Å²) in [4.78, 5) is 17.3. The van der Waals surface area contributed by atoms with Gasteiger partial charge in [-0.15, -0.1) is 0 Å². The van der Waals surface area contributed by atoms with Crippen LogP contribution in [0.4, 0.5) is 5.82 Å². The minimum atomic E-state index is -0.456. The Morgan fingerprint density at radius 1 is 1.44 bits per heavy atom. The molecular formula is C13H22N4O. The number of primary amides is 1. The van der Waals surface area contributed by atoms with Crippen molar-refractivity contribution < 1.29 is 4.79 Å². The van der Waals surface area contributed by atoms with Crippen molar-refractivity contribution in [2.75, 3.05) is 26.0 Å². The third kappa shape index (κ3) is 4.33. The lowest BCUT2D eigenvalue weighted by molar-refractivity contribution is 0.1000. The van der Waals surface area contributed by atoms with Crippen LogP contribution in [0, 0.1) is 5.92 Å². The monoisotopic (exact) mass is 250 g/mol. The molecule has 100 valence electrons. The fourth-order valence-electron chi connectivity index (χ4n) is 1.63. The molecule has 1 amide bonds. The van der Waals surface area contributed by atoms with E-state index in [4.69, 9.17) is 5.73 Å². The summed E-state index contributed by atoms with van der Waals surface area (Å²) in [6.45, 7) is 5.26. The van der Waals surface area contributed by atoms with Crippen LogP contribution in [0.3, 0.4) is 0 Å². The van der Waals surface area contributed by atoms with Gasteiger partial charge < -0.3 is 16.0 Å². The zero-order valence-corrected chi connectivity index (χ0v) is 11.5. The molecule has 1 aromatic heterocycles. The Hall–Kier alpha value is -1.62. The molecule has 5 nitrogen and oxygen atoms in total. The summed E-state index contributed by atoms with van der Waals surface area (Å²) in [7, 11) is 4.08. The highest BCUT2D eigenvalue weighted by Crippen LogP contribution is 2.11. The summed E-state index contributed by atoms with van der Waals surface area (Å²) in [6.07, 6.45) is 1.50. The second kappa shape index (κ2) is 6.35. The van der Waals surface area contributed by atoms with Crippen LogP contribution in [-0.2, 0) is 0 Å². The number of pyridine rings is 1. The van der Waals surface area contributed by atoms with E-state index in [1.807, 2.05) is 14.1 Å². The molecule has 0 fully saturated rings. The van der Waals surface area contributed by atoms with Gasteiger partial charge in [-0.3, -0.25) is 4.79 Å². The predicted octanol–water partition coefficient (Wildman–Crippen LogP) is 1.18. The van der Waals surface area contributed by atoms with Crippen LogP contribution in [0.5, 0.6) is 0 Å². The van der Waals surface area contributed by atoms with E-state index in [0.717, 1.165) is 12.4 Å². The topological polar surface area (TPSA) is 71.2 Å². The van der Waals surface area contributed by atoms with Crippen molar-refractivity contribution in [3.05, 3.63) is 23.9 Å². The van der Waals surface area contributed by atoms with Crippen LogP contribution in [-0.4, -0.2) is 42.5 Å². The fraction of sp³-hybridized carbons (Fsp3) is 0.538. The first-order valence-corrected chi connectivity index (χ1v) is 6.07. The Kier molecular flexibility index (Phi) is 5.09. The Balaban J connectivity index is 2.72. The number of nitrogens with zero attached hydrogens (tertiary/aromatic N) is 2. The maximum Gasteiger partial charge on any atom is 0.250 e. The third-order valence-electron chi connectivity index (χ3n) is 2.75. The summed E-state index contributed by atoms with van der Waals surface area (Å²) >= 11 is 0. The fourth-order valence-corrected chi connectivity index (χ4v) is 1.63. The van der Waals surface area contributed by atoms with Crippen molar-refractivity contribution >= 4 is 11.7 Å². The largest absolute Gasteiger partial charge is 0.366 e. The van der Waals surface area contributed by atoms with Crippen molar-refractivity contribution in [3.8, 4) is 0 Å². The van der Waals surface area contributed by atoms with E-state index in [2.05, 4.69) is 29.0 Å². The molecule has 1 heterocycles. The van der Waals surface area contributed by atoms with Crippen molar-refractivity contribution in [1.82, 2.24) is 9.88 Å². The number of likely N-dealkylation sites (N-methyl/N-ethyl adjacent to an activating group) is 1. The number of carbonyl (C=O) groups is 1. The molecule has 3 N–H and O–H groups in total. The zero-order valence-electron chi connectivity index (χ0n) is 11.5. The highest BCUT2D eigenvalue weighted by molar-refractivity contribution is 5.92. The van der Waals surface area contributed by atoms with E-state index >= 15 is 0 Å². The van der Waals surface area contributed by atoms with E-state index < -0.39 is 5.91 Å². The first kappa shape index (κ1) is 14.4. The molecule has 0 bridgehead atoms. The molecule has 0 spiro atoms. The van der Waals surface area contributed by atoms with Crippen LogP contribution in [0.1, 0.15) is 24.2 Å². The minimum Gasteiger partial charge on any atom is -0.366 e. The van der Waals surface area contributed by atoms with Crippen LogP contribution in [0.25, 0.3) is 0 Å². The molecule has 0 aliphatic heterocycles. The van der Waals surface area contributed by atoms with Crippen molar-refractivity contribution in [3.63, 3.8) is 0 Å². The van der Waals surface area contributed by atoms with Crippen molar-refractivity contribution in [1.29, 1.82) is 0 Å². The Labute approximate surface area is 108 Å². The molecule has 1 atom stereocenters. The van der Waals surface area contributed by atoms with Gasteiger partial charge in [0.15, 0.2) is 0 Å². The standard InChI is InChI=1S/C13H22N4O/c1-9(2)11(8-17(3)4)16-12-6-5-10(7-15-12)13(14)18/h5-7,9,11H,8H2,1-4H3,(H2,14,18)(H,15,16). The zero-order chi connectivity index (χ0) is 13.7. The van der Waals surface area contributed by atoms with Gasteiger partial charge in [-0.2, -0.15) is 0 Å². The van der Waals surface area contributed by atoms with Gasteiger partial charge in [0.1, 0.15) is 5.82 Å². The van der Waals surface area contributed by atoms with E-state index in [9.17, 15) is 4.79 Å². The molecular weight excluding hydrogens is 228 g/mol. The molecule has 1 unspecified atom stereocenters. The summed E-state index contributed by atoms with van der Waals surface area (Å²) in [5, 5.41) is 3.37. The average Bonchev–Trinajstić information content (AvgIpc) is 2.28. The van der Waals surface area contributed by atoms with Gasteiger partial charge in [0.25, 0.3) is 0 Å². The average molecular weight is 250 g/mol. The van der Waals surface area contributed by atoms with E-state index in [0.29, 0.717) is 17.5 Å². The summed E-state index contributed by atoms with van der Waals surface area (Å²) in [6, 6.07) is 3.78. The smallest absolute Gasteiger partial charge is 0.250 e. The summed E-state index contributed by atoms with van der Waals surface area (Å²) in [5.41, 5.74) is 5.60. The predicted molar refractivity (Wildman–Crippen MR) is 73.6 cm³/mol. The molecule has 0 aliphatic rings. The van der Waals surface area contributed by atoms with Gasteiger partial charge in [-0.05, 0) is 32.1 Å². The number of amides is 1. The number of carbonyl (C=O) groups excluding carboxylic acids is 1. The highest BCUT2D eigenvalue weighted by Gasteiger charge is 2.14. The van der Waals surface area contributed by atoms with Gasteiger partial charge in [0.05, 0.1) is 5.56 Å². The van der Waals surface area contributed by atoms with Gasteiger partial charge in [-0.25, -0.2) is 4.98 Å². The number of hydrogen-bond acceptors (Lipinski definition) is 4. The van der Waals surface area contributed by atoms with E-state index in [-0.39, 0.29) is 0 Å². The Morgan fingerprint density at radius 3 is 2.50 bits per heavy atom. The van der Waals surface area contributed by atoms with E-state index in [1.165, 1.54) is 6.20 Å². The number of anilines is 1. The minimum absolute atomic E-state index is 0.312. The normalized spacial score (nSPS) is 12.8. The maximum atomic E-state index is 10.9. The molecule has 5 heteroatoms. The van der Waals surface area contributed by atoms with Gasteiger partial charge >= 0.3 is 0 Å². The van der Waals surface area contributed by atoms with Crippen molar-refractivity contribution in [2.24, 2.45) is 11.7 Å². The summed E-state index contributed by atoms with van der Waals surface area (Å²) in [5.74, 6) is 0.799. The lowest BCUT2D eigenvalue weighted by atomic mass is 10.0. The SMILES string of the molecule is CC(C)C(CN(C)C)Nc1ccc(C(N)=O)cn1. The molecule has 18 heavy (non-hydrogen) atoms. The summed E-state index contributed by atoms with van der Waals surface area (Å²) < 4.78 is 0. The number of hydrogen-bond donors (Lipinski definition) is 2. The van der Waals surface area contributed by atoms with Crippen LogP contribution in [0.2, 0.25) is 0 Å². The molecule has 0 saturated carbocycles. The lowest BCUT2D eigenvalue weighted by Gasteiger charge is -2.26. The quantitative estimate of drug-likeness (QED) is 0.795. The van der Waals surface area contributed by atoms with E-state index in [1.54, 1.807) is 12.1 Å². The van der Waals surface area contributed by atoms with Crippen LogP contribution < -0.4 is 11.1 Å². The number of nitrogens with one attached hydrogen (secondary N) is 1. The van der Waals surface area contributed by atoms with Gasteiger partial charge in [0, 0.05) is 18.8 Å². The molecule has 1 aromatic rings. The second-order valence-corrected chi connectivity index (χ2v) is 5.05. The number of aromatic nitrogens is 1. The molecule has 0 radical (unpaired) electrons. The first-order valence-electron chi connectivity index (χ1n) is 6.07. The van der Waals surface area contributed by atoms with Crippen LogP contribution >= 0.6 is 0 Å². The Bertz CT molecular complexity index is 386. The van der Waals surface area contributed by atoms with Crippen LogP contribution in [0.15, 0.2) is 18.3 Å². The van der Waals surface area contributed by atoms with Crippen molar-refractivity contribution in [2.45, 2.75) is 19.9 Å². The highest BCUT2D eigenvalue weighted by atomic mass is 16.1. The molecule has 1 rings (SSSR count). The molecule has 0 aliphatic carbocycles. The molecule has 0 aromatic carbocycles. The second-order valence-electron chi connectivity index (χ2n) is 5.05. The maximum absolute atomic E-state index is 10.9. The number of nitrogens with two attached hydrogens (primary N) is 1. The third-order valence-corrected chi connectivity index (χ3v) is 2.75.